The molecule has 21 heavy (non-hydrogen) atoms. The van der Waals surface area contributed by atoms with Crippen LogP contribution >= 0.6 is 0 Å². The van der Waals surface area contributed by atoms with E-state index in [2.05, 4.69) is 55.3 Å². The minimum atomic E-state index is 0.500. The average Bonchev–Trinajstić information content (AvgIpc) is 2.50. The number of piperidine rings is 1. The Bertz CT molecular complexity index is 416. The van der Waals surface area contributed by atoms with E-state index in [1.807, 2.05) is 0 Å². The second-order valence-electron chi connectivity index (χ2n) is 6.53. The zero-order valence-corrected chi connectivity index (χ0v) is 14.1. The van der Waals surface area contributed by atoms with Crippen molar-refractivity contribution >= 4 is 0 Å². The minimum absolute atomic E-state index is 0.500. The molecule has 1 aromatic carbocycles. The van der Waals surface area contributed by atoms with E-state index in [-0.39, 0.29) is 0 Å². The van der Waals surface area contributed by atoms with Crippen LogP contribution in [0.5, 0.6) is 0 Å². The monoisotopic (exact) mass is 288 g/mol. The average molecular weight is 288 g/mol. The number of rotatable bonds is 7. The molecule has 1 saturated heterocycles. The first kappa shape index (κ1) is 16.5. The van der Waals surface area contributed by atoms with Crippen LogP contribution in [0.1, 0.15) is 63.1 Å². The Kier molecular flexibility index (Phi) is 6.72. The minimum Gasteiger partial charge on any atom is -0.310 e. The van der Waals surface area contributed by atoms with Crippen LogP contribution in [0.4, 0.5) is 0 Å². The summed E-state index contributed by atoms with van der Waals surface area (Å²) in [6, 6.07) is 10.1. The highest BCUT2D eigenvalue weighted by Crippen LogP contribution is 2.23. The van der Waals surface area contributed by atoms with Gasteiger partial charge in [-0.25, -0.2) is 0 Å². The molecule has 1 aromatic rings. The summed E-state index contributed by atoms with van der Waals surface area (Å²) < 4.78 is 0. The van der Waals surface area contributed by atoms with Gasteiger partial charge in [0.05, 0.1) is 0 Å². The van der Waals surface area contributed by atoms with E-state index in [9.17, 15) is 0 Å². The largest absolute Gasteiger partial charge is 0.310 e. The highest BCUT2D eigenvalue weighted by molar-refractivity contribution is 5.28. The molecule has 0 aromatic heterocycles. The van der Waals surface area contributed by atoms with Gasteiger partial charge in [0, 0.05) is 18.6 Å². The Morgan fingerprint density at radius 3 is 2.81 bits per heavy atom. The molecule has 2 rings (SSSR count). The number of hydrogen-bond donors (Lipinski definition) is 1. The molecule has 0 bridgehead atoms. The summed E-state index contributed by atoms with van der Waals surface area (Å²) in [7, 11) is 0. The van der Waals surface area contributed by atoms with Crippen molar-refractivity contribution in [2.45, 2.75) is 65.0 Å². The van der Waals surface area contributed by atoms with Gasteiger partial charge < -0.3 is 10.2 Å². The van der Waals surface area contributed by atoms with Gasteiger partial charge in [0.15, 0.2) is 0 Å². The lowest BCUT2D eigenvalue weighted by Crippen LogP contribution is -2.39. The molecule has 2 nitrogen and oxygen atoms in total. The van der Waals surface area contributed by atoms with E-state index in [0.29, 0.717) is 6.04 Å². The van der Waals surface area contributed by atoms with Crippen LogP contribution in [0.3, 0.4) is 0 Å². The molecule has 1 fully saturated rings. The normalized spacial score (nSPS) is 21.4. The van der Waals surface area contributed by atoms with Crippen molar-refractivity contribution in [3.8, 4) is 0 Å². The zero-order valence-electron chi connectivity index (χ0n) is 14.1. The van der Waals surface area contributed by atoms with Gasteiger partial charge in [-0.1, -0.05) is 37.6 Å². The van der Waals surface area contributed by atoms with E-state index in [0.717, 1.165) is 12.6 Å². The van der Waals surface area contributed by atoms with Crippen LogP contribution in [0.2, 0.25) is 0 Å². The highest BCUT2D eigenvalue weighted by atomic mass is 15.2. The Balaban J connectivity index is 1.97. The smallest absolute Gasteiger partial charge is 0.0335 e. The quantitative estimate of drug-likeness (QED) is 0.804. The van der Waals surface area contributed by atoms with Crippen LogP contribution in [0.25, 0.3) is 0 Å². The second-order valence-corrected chi connectivity index (χ2v) is 6.53. The summed E-state index contributed by atoms with van der Waals surface area (Å²) in [4.78, 5) is 2.68. The summed E-state index contributed by atoms with van der Waals surface area (Å²) in [5, 5.41) is 3.75. The summed E-state index contributed by atoms with van der Waals surface area (Å²) in [6.07, 6.45) is 6.57. The lowest BCUT2D eigenvalue weighted by atomic mass is 9.97. The predicted octanol–water partition coefficient (Wildman–Crippen LogP) is 4.30. The van der Waals surface area contributed by atoms with Gasteiger partial charge in [0.25, 0.3) is 0 Å². The topological polar surface area (TPSA) is 15.3 Å². The molecule has 1 N–H and O–H groups in total. The van der Waals surface area contributed by atoms with Gasteiger partial charge in [-0.05, 0) is 63.7 Å². The summed E-state index contributed by atoms with van der Waals surface area (Å²) in [6.45, 7) is 10.5. The number of benzene rings is 1. The first-order valence-electron chi connectivity index (χ1n) is 8.75. The molecular formula is C19H32N2. The van der Waals surface area contributed by atoms with Gasteiger partial charge in [-0.2, -0.15) is 0 Å². The zero-order chi connectivity index (χ0) is 15.1. The van der Waals surface area contributed by atoms with Crippen LogP contribution in [0.15, 0.2) is 24.3 Å². The SMILES string of the molecule is CCCNC(CCN1CCCCC1C)c1ccccc1C. The molecule has 118 valence electrons. The standard InChI is InChI=1S/C19H32N2/c1-4-13-20-19(18-11-6-5-9-16(18)2)12-15-21-14-8-7-10-17(21)3/h5-6,9,11,17,19-20H,4,7-8,10,12-15H2,1-3H3. The predicted molar refractivity (Wildman–Crippen MR) is 91.7 cm³/mol. The summed E-state index contributed by atoms with van der Waals surface area (Å²) >= 11 is 0. The third-order valence-corrected chi connectivity index (χ3v) is 4.85. The maximum atomic E-state index is 3.75. The van der Waals surface area contributed by atoms with Gasteiger partial charge in [0.1, 0.15) is 0 Å². The van der Waals surface area contributed by atoms with Gasteiger partial charge in [0.2, 0.25) is 0 Å². The maximum absolute atomic E-state index is 3.75. The fourth-order valence-electron chi connectivity index (χ4n) is 3.45. The van der Waals surface area contributed by atoms with Gasteiger partial charge >= 0.3 is 0 Å². The molecule has 0 spiro atoms. The third-order valence-electron chi connectivity index (χ3n) is 4.85. The lowest BCUT2D eigenvalue weighted by Gasteiger charge is -2.34. The summed E-state index contributed by atoms with van der Waals surface area (Å²) in [5.74, 6) is 0. The number of aryl methyl sites for hydroxylation is 1. The number of hydrogen-bond acceptors (Lipinski definition) is 2. The van der Waals surface area contributed by atoms with Crippen molar-refractivity contribution in [1.82, 2.24) is 10.2 Å². The van der Waals surface area contributed by atoms with Crippen LogP contribution in [-0.4, -0.2) is 30.6 Å². The van der Waals surface area contributed by atoms with Crippen LogP contribution in [0, 0.1) is 6.92 Å². The van der Waals surface area contributed by atoms with E-state index in [1.54, 1.807) is 0 Å². The van der Waals surface area contributed by atoms with Gasteiger partial charge in [-0.3, -0.25) is 0 Å². The van der Waals surface area contributed by atoms with Crippen LogP contribution in [-0.2, 0) is 0 Å². The third kappa shape index (κ3) is 4.82. The fraction of sp³-hybridized carbons (Fsp3) is 0.684. The van der Waals surface area contributed by atoms with Crippen molar-refractivity contribution in [2.24, 2.45) is 0 Å². The second kappa shape index (κ2) is 8.55. The van der Waals surface area contributed by atoms with Crippen molar-refractivity contribution in [3.63, 3.8) is 0 Å². The van der Waals surface area contributed by atoms with Crippen molar-refractivity contribution in [3.05, 3.63) is 35.4 Å². The van der Waals surface area contributed by atoms with E-state index >= 15 is 0 Å². The maximum Gasteiger partial charge on any atom is 0.0335 e. The van der Waals surface area contributed by atoms with E-state index < -0.39 is 0 Å². The Hall–Kier alpha value is -0.860. The van der Waals surface area contributed by atoms with Crippen molar-refractivity contribution in [2.75, 3.05) is 19.6 Å². The molecule has 1 aliphatic rings. The van der Waals surface area contributed by atoms with Crippen LogP contribution < -0.4 is 5.32 Å². The molecule has 0 radical (unpaired) electrons. The lowest BCUT2D eigenvalue weighted by molar-refractivity contribution is 0.153. The molecule has 1 aliphatic heterocycles. The molecule has 0 aliphatic carbocycles. The Morgan fingerprint density at radius 2 is 2.10 bits per heavy atom. The van der Waals surface area contributed by atoms with Gasteiger partial charge in [-0.15, -0.1) is 0 Å². The molecule has 2 unspecified atom stereocenters. The molecule has 0 saturated carbocycles. The van der Waals surface area contributed by atoms with E-state index in [4.69, 9.17) is 0 Å². The van der Waals surface area contributed by atoms with Crippen molar-refractivity contribution < 1.29 is 0 Å². The molecule has 1 heterocycles. The Morgan fingerprint density at radius 1 is 1.29 bits per heavy atom. The first-order valence-corrected chi connectivity index (χ1v) is 8.75. The number of nitrogens with zero attached hydrogens (tertiary/aromatic N) is 1. The molecule has 0 amide bonds. The fourth-order valence-corrected chi connectivity index (χ4v) is 3.45. The summed E-state index contributed by atoms with van der Waals surface area (Å²) in [5.41, 5.74) is 2.90. The Labute approximate surface area is 130 Å². The first-order chi connectivity index (χ1) is 10.2. The van der Waals surface area contributed by atoms with Crippen molar-refractivity contribution in [1.29, 1.82) is 0 Å². The number of likely N-dealkylation sites (tertiary alicyclic amines) is 1. The molecule has 2 heteroatoms. The molecule has 2 atom stereocenters. The highest BCUT2D eigenvalue weighted by Gasteiger charge is 2.20. The molecular weight excluding hydrogens is 256 g/mol. The van der Waals surface area contributed by atoms with E-state index in [1.165, 1.54) is 56.3 Å². The number of nitrogens with one attached hydrogen (secondary N) is 1.